The van der Waals surface area contributed by atoms with E-state index in [0.29, 0.717) is 4.47 Å². The SMILES string of the molecule is NCC(c1cc(F)cc(F)c1)C(O)c1cc(F)cc(Br)c1. The molecule has 0 saturated carbocycles. The van der Waals surface area contributed by atoms with E-state index in [0.717, 1.165) is 24.3 Å². The first-order valence-electron chi connectivity index (χ1n) is 6.21. The Hall–Kier alpha value is -1.37. The predicted octanol–water partition coefficient (Wildman–Crippen LogP) is 3.64. The first-order chi connectivity index (χ1) is 9.90. The Morgan fingerprint density at radius 1 is 0.905 bits per heavy atom. The molecule has 6 heteroatoms. The fourth-order valence-electron chi connectivity index (χ4n) is 2.21. The minimum atomic E-state index is -1.18. The van der Waals surface area contributed by atoms with Gasteiger partial charge in [0.15, 0.2) is 0 Å². The molecule has 2 unspecified atom stereocenters. The topological polar surface area (TPSA) is 46.2 Å². The van der Waals surface area contributed by atoms with E-state index in [-0.39, 0.29) is 17.7 Å². The van der Waals surface area contributed by atoms with Crippen molar-refractivity contribution in [3.8, 4) is 0 Å². The van der Waals surface area contributed by atoms with Crippen LogP contribution < -0.4 is 5.73 Å². The zero-order valence-electron chi connectivity index (χ0n) is 10.9. The van der Waals surface area contributed by atoms with E-state index in [1.54, 1.807) is 0 Å². The molecule has 2 atom stereocenters. The van der Waals surface area contributed by atoms with E-state index >= 15 is 0 Å². The van der Waals surface area contributed by atoms with Crippen LogP contribution in [0, 0.1) is 17.5 Å². The van der Waals surface area contributed by atoms with Crippen molar-refractivity contribution in [3.05, 3.63) is 69.4 Å². The van der Waals surface area contributed by atoms with Crippen LogP contribution >= 0.6 is 15.9 Å². The third kappa shape index (κ3) is 3.84. The monoisotopic (exact) mass is 359 g/mol. The van der Waals surface area contributed by atoms with Crippen LogP contribution in [-0.2, 0) is 0 Å². The molecule has 21 heavy (non-hydrogen) atoms. The van der Waals surface area contributed by atoms with E-state index in [9.17, 15) is 18.3 Å². The Balaban J connectivity index is 2.40. The van der Waals surface area contributed by atoms with E-state index in [1.165, 1.54) is 12.1 Å². The highest BCUT2D eigenvalue weighted by molar-refractivity contribution is 9.10. The molecule has 0 fully saturated rings. The van der Waals surface area contributed by atoms with Crippen LogP contribution in [0.3, 0.4) is 0 Å². The second kappa shape index (κ2) is 6.60. The third-order valence-electron chi connectivity index (χ3n) is 3.17. The highest BCUT2D eigenvalue weighted by Crippen LogP contribution is 2.32. The molecule has 2 aromatic carbocycles. The highest BCUT2D eigenvalue weighted by atomic mass is 79.9. The number of hydrogen-bond acceptors (Lipinski definition) is 2. The minimum absolute atomic E-state index is 0.0435. The second-order valence-corrected chi connectivity index (χ2v) is 5.61. The highest BCUT2D eigenvalue weighted by Gasteiger charge is 2.23. The van der Waals surface area contributed by atoms with Crippen LogP contribution in [0.15, 0.2) is 40.9 Å². The zero-order valence-corrected chi connectivity index (χ0v) is 12.4. The lowest BCUT2D eigenvalue weighted by molar-refractivity contribution is 0.146. The number of benzene rings is 2. The molecular weight excluding hydrogens is 347 g/mol. The molecule has 0 aliphatic heterocycles. The molecule has 0 aliphatic rings. The lowest BCUT2D eigenvalue weighted by Gasteiger charge is -2.22. The van der Waals surface area contributed by atoms with Crippen molar-refractivity contribution < 1.29 is 18.3 Å². The van der Waals surface area contributed by atoms with Gasteiger partial charge in [0.25, 0.3) is 0 Å². The number of nitrogens with two attached hydrogens (primary N) is 1. The number of aliphatic hydroxyl groups excluding tert-OH is 1. The molecule has 2 nitrogen and oxygen atoms in total. The van der Waals surface area contributed by atoms with E-state index in [4.69, 9.17) is 5.73 Å². The Bertz CT molecular complexity index is 610. The van der Waals surface area contributed by atoms with Gasteiger partial charge in [0.1, 0.15) is 17.5 Å². The van der Waals surface area contributed by atoms with Gasteiger partial charge in [-0.1, -0.05) is 15.9 Å². The maximum atomic E-state index is 13.4. The number of halogens is 4. The summed E-state index contributed by atoms with van der Waals surface area (Å²) in [6.45, 7) is -0.0435. The summed E-state index contributed by atoms with van der Waals surface area (Å²) in [4.78, 5) is 0. The first kappa shape index (κ1) is 16.0. The predicted molar refractivity (Wildman–Crippen MR) is 77.2 cm³/mol. The first-order valence-corrected chi connectivity index (χ1v) is 7.00. The van der Waals surface area contributed by atoms with Gasteiger partial charge in [-0.2, -0.15) is 0 Å². The van der Waals surface area contributed by atoms with Gasteiger partial charge in [0.2, 0.25) is 0 Å². The van der Waals surface area contributed by atoms with E-state index in [1.807, 2.05) is 0 Å². The van der Waals surface area contributed by atoms with Crippen molar-refractivity contribution in [2.45, 2.75) is 12.0 Å². The normalized spacial score (nSPS) is 14.0. The summed E-state index contributed by atoms with van der Waals surface area (Å²) in [6, 6.07) is 6.90. The second-order valence-electron chi connectivity index (χ2n) is 4.69. The molecule has 2 rings (SSSR count). The number of rotatable bonds is 4. The van der Waals surface area contributed by atoms with Gasteiger partial charge < -0.3 is 10.8 Å². The van der Waals surface area contributed by atoms with Gasteiger partial charge in [-0.3, -0.25) is 0 Å². The molecule has 0 heterocycles. The Morgan fingerprint density at radius 3 is 1.95 bits per heavy atom. The van der Waals surface area contributed by atoms with Crippen molar-refractivity contribution in [1.82, 2.24) is 0 Å². The average molecular weight is 360 g/mol. The summed E-state index contributed by atoms with van der Waals surface area (Å²) >= 11 is 3.13. The molecule has 112 valence electrons. The number of aliphatic hydroxyl groups is 1. The Kier molecular flexibility index (Phi) is 5.03. The van der Waals surface area contributed by atoms with E-state index in [2.05, 4.69) is 15.9 Å². The Labute approximate surface area is 128 Å². The maximum Gasteiger partial charge on any atom is 0.126 e. The van der Waals surface area contributed by atoms with E-state index < -0.39 is 29.5 Å². The zero-order chi connectivity index (χ0) is 15.6. The van der Waals surface area contributed by atoms with Crippen LogP contribution in [0.2, 0.25) is 0 Å². The quantitative estimate of drug-likeness (QED) is 0.875. The van der Waals surface area contributed by atoms with Gasteiger partial charge in [-0.15, -0.1) is 0 Å². The average Bonchev–Trinajstić information content (AvgIpc) is 2.37. The fourth-order valence-corrected chi connectivity index (χ4v) is 2.70. The van der Waals surface area contributed by atoms with Crippen molar-refractivity contribution in [2.75, 3.05) is 6.54 Å². The summed E-state index contributed by atoms with van der Waals surface area (Å²) in [6.07, 6.45) is -1.18. The summed E-state index contributed by atoms with van der Waals surface area (Å²) in [5.41, 5.74) is 6.11. The summed E-state index contributed by atoms with van der Waals surface area (Å²) in [7, 11) is 0. The van der Waals surface area contributed by atoms with Crippen LogP contribution in [0.1, 0.15) is 23.1 Å². The fraction of sp³-hybridized carbons (Fsp3) is 0.200. The van der Waals surface area contributed by atoms with Gasteiger partial charge in [0, 0.05) is 23.0 Å². The molecule has 3 N–H and O–H groups in total. The van der Waals surface area contributed by atoms with Crippen LogP contribution in [0.25, 0.3) is 0 Å². The lowest BCUT2D eigenvalue weighted by atomic mass is 9.89. The molecule has 0 saturated heterocycles. The van der Waals surface area contributed by atoms with Crippen LogP contribution in [0.4, 0.5) is 13.2 Å². The molecule has 0 bridgehead atoms. The molecule has 2 aromatic rings. The molecule has 0 amide bonds. The van der Waals surface area contributed by atoms with Crippen molar-refractivity contribution in [2.24, 2.45) is 5.73 Å². The summed E-state index contributed by atoms with van der Waals surface area (Å²) in [5, 5.41) is 10.4. The van der Waals surface area contributed by atoms with Crippen LogP contribution in [-0.4, -0.2) is 11.7 Å². The molecular formula is C15H13BrF3NO. The van der Waals surface area contributed by atoms with Crippen LogP contribution in [0.5, 0.6) is 0 Å². The standard InChI is InChI=1S/C15H13BrF3NO/c16-10-1-9(4-11(17)5-10)15(21)14(7-20)8-2-12(18)6-13(19)3-8/h1-6,14-15,21H,7,20H2. The minimum Gasteiger partial charge on any atom is -0.388 e. The summed E-state index contributed by atoms with van der Waals surface area (Å²) < 4.78 is 40.4. The van der Waals surface area contributed by atoms with Gasteiger partial charge in [-0.25, -0.2) is 13.2 Å². The maximum absolute atomic E-state index is 13.4. The molecule has 0 radical (unpaired) electrons. The molecule has 0 spiro atoms. The van der Waals surface area contributed by atoms with Crippen molar-refractivity contribution >= 4 is 15.9 Å². The number of hydrogen-bond donors (Lipinski definition) is 2. The smallest absolute Gasteiger partial charge is 0.126 e. The largest absolute Gasteiger partial charge is 0.388 e. The summed E-state index contributed by atoms with van der Waals surface area (Å²) in [5.74, 6) is -2.78. The Morgan fingerprint density at radius 2 is 1.43 bits per heavy atom. The van der Waals surface area contributed by atoms with Gasteiger partial charge in [0.05, 0.1) is 6.10 Å². The van der Waals surface area contributed by atoms with Gasteiger partial charge in [-0.05, 0) is 41.5 Å². The van der Waals surface area contributed by atoms with Crippen molar-refractivity contribution in [1.29, 1.82) is 0 Å². The van der Waals surface area contributed by atoms with Crippen molar-refractivity contribution in [3.63, 3.8) is 0 Å². The van der Waals surface area contributed by atoms with Gasteiger partial charge >= 0.3 is 0 Å². The molecule has 0 aliphatic carbocycles. The molecule has 0 aromatic heterocycles. The third-order valence-corrected chi connectivity index (χ3v) is 3.63. The lowest BCUT2D eigenvalue weighted by Crippen LogP contribution is -2.20.